The van der Waals surface area contributed by atoms with E-state index in [9.17, 15) is 13.2 Å². The minimum atomic E-state index is -4.58. The third kappa shape index (κ3) is 3.05. The van der Waals surface area contributed by atoms with Crippen LogP contribution in [0.3, 0.4) is 0 Å². The van der Waals surface area contributed by atoms with Gasteiger partial charge in [-0.2, -0.15) is 17.7 Å². The molecule has 4 rings (SSSR count). The van der Waals surface area contributed by atoms with Gasteiger partial charge in [0.2, 0.25) is 0 Å². The van der Waals surface area contributed by atoms with Crippen molar-refractivity contribution >= 4 is 11.5 Å². The van der Waals surface area contributed by atoms with Crippen molar-refractivity contribution in [1.29, 1.82) is 0 Å². The van der Waals surface area contributed by atoms with Crippen LogP contribution in [0, 0.1) is 19.8 Å². The van der Waals surface area contributed by atoms with E-state index in [-0.39, 0.29) is 5.65 Å². The van der Waals surface area contributed by atoms with Gasteiger partial charge in [0.15, 0.2) is 11.5 Å². The summed E-state index contributed by atoms with van der Waals surface area (Å²) in [6.45, 7) is 8.18. The molecule has 0 atom stereocenters. The molecule has 2 aliphatic rings. The van der Waals surface area contributed by atoms with E-state index >= 15 is 0 Å². The maximum absolute atomic E-state index is 13.2. The molecule has 0 unspecified atom stereocenters. The van der Waals surface area contributed by atoms with Crippen molar-refractivity contribution in [2.45, 2.75) is 32.9 Å². The Kier molecular flexibility index (Phi) is 3.86. The molecule has 0 aromatic carbocycles. The molecular formula is C16H21F3N6. The van der Waals surface area contributed by atoms with Crippen molar-refractivity contribution in [1.82, 2.24) is 24.7 Å². The first-order valence-electron chi connectivity index (χ1n) is 8.61. The van der Waals surface area contributed by atoms with Crippen LogP contribution in [0.4, 0.5) is 19.0 Å². The largest absolute Gasteiger partial charge is 0.453 e. The average molecular weight is 354 g/mol. The standard InChI is InChI=1S/C16H21F3N6/c1-10-11(2)14(22-25-13(10)20-21-15(25)16(17,18)19)24-7-5-23(6-8-24)9-12-3-4-12/h12H,3-9H2,1-2H3. The Morgan fingerprint density at radius 1 is 1.00 bits per heavy atom. The van der Waals surface area contributed by atoms with E-state index in [1.54, 1.807) is 6.92 Å². The molecule has 136 valence electrons. The Labute approximate surface area is 143 Å². The van der Waals surface area contributed by atoms with Crippen LogP contribution in [0.5, 0.6) is 0 Å². The van der Waals surface area contributed by atoms with Crippen molar-refractivity contribution in [3.05, 3.63) is 17.0 Å². The Hall–Kier alpha value is -1.90. The highest BCUT2D eigenvalue weighted by Crippen LogP contribution is 2.32. The maximum Gasteiger partial charge on any atom is 0.453 e. The lowest BCUT2D eigenvalue weighted by Gasteiger charge is -2.36. The number of hydrogen-bond acceptors (Lipinski definition) is 5. The van der Waals surface area contributed by atoms with E-state index in [2.05, 4.69) is 25.1 Å². The summed E-state index contributed by atoms with van der Waals surface area (Å²) in [5.74, 6) is 0.372. The summed E-state index contributed by atoms with van der Waals surface area (Å²) in [6, 6.07) is 0. The number of halogens is 3. The monoisotopic (exact) mass is 354 g/mol. The Bertz CT molecular complexity index is 787. The first kappa shape index (κ1) is 16.6. The van der Waals surface area contributed by atoms with Gasteiger partial charge in [0, 0.05) is 43.9 Å². The predicted octanol–water partition coefficient (Wildman–Crippen LogP) is 2.29. The van der Waals surface area contributed by atoms with Crippen LogP contribution in [0.15, 0.2) is 0 Å². The molecule has 6 nitrogen and oxygen atoms in total. The van der Waals surface area contributed by atoms with Crippen molar-refractivity contribution < 1.29 is 13.2 Å². The quantitative estimate of drug-likeness (QED) is 0.847. The molecule has 0 radical (unpaired) electrons. The highest BCUT2D eigenvalue weighted by molar-refractivity contribution is 5.59. The molecule has 1 saturated carbocycles. The molecule has 2 fully saturated rings. The van der Waals surface area contributed by atoms with Gasteiger partial charge in [0.05, 0.1) is 0 Å². The molecule has 2 aromatic rings. The molecule has 9 heteroatoms. The van der Waals surface area contributed by atoms with Gasteiger partial charge in [-0.15, -0.1) is 15.3 Å². The number of piperazine rings is 1. The third-order valence-corrected chi connectivity index (χ3v) is 5.21. The normalized spacial score (nSPS) is 19.8. The lowest BCUT2D eigenvalue weighted by molar-refractivity contribution is -0.146. The highest BCUT2D eigenvalue weighted by atomic mass is 19.4. The molecule has 0 amide bonds. The minimum Gasteiger partial charge on any atom is -0.352 e. The zero-order valence-corrected chi connectivity index (χ0v) is 14.3. The van der Waals surface area contributed by atoms with Gasteiger partial charge >= 0.3 is 6.18 Å². The molecule has 1 saturated heterocycles. The van der Waals surface area contributed by atoms with E-state index in [1.807, 2.05) is 6.92 Å². The van der Waals surface area contributed by atoms with Crippen molar-refractivity contribution in [2.75, 3.05) is 37.6 Å². The minimum absolute atomic E-state index is 0.168. The van der Waals surface area contributed by atoms with E-state index in [0.29, 0.717) is 11.4 Å². The predicted molar refractivity (Wildman–Crippen MR) is 86.6 cm³/mol. The van der Waals surface area contributed by atoms with Crippen LogP contribution in [0.25, 0.3) is 5.65 Å². The van der Waals surface area contributed by atoms with Gasteiger partial charge in [-0.05, 0) is 32.6 Å². The molecule has 2 aromatic heterocycles. The lowest BCUT2D eigenvalue weighted by atomic mass is 10.1. The fraction of sp³-hybridized carbons (Fsp3) is 0.688. The summed E-state index contributed by atoms with van der Waals surface area (Å²) in [4.78, 5) is 4.51. The first-order chi connectivity index (χ1) is 11.8. The second kappa shape index (κ2) is 5.82. The van der Waals surface area contributed by atoms with Crippen LogP contribution < -0.4 is 4.90 Å². The Morgan fingerprint density at radius 2 is 1.68 bits per heavy atom. The summed E-state index contributed by atoms with van der Waals surface area (Å²) in [5.41, 5.74) is 1.72. The number of aryl methyl sites for hydroxylation is 1. The molecule has 0 spiro atoms. The van der Waals surface area contributed by atoms with Gasteiger partial charge in [0.1, 0.15) is 0 Å². The molecule has 0 bridgehead atoms. The zero-order chi connectivity index (χ0) is 17.8. The molecule has 1 aliphatic carbocycles. The van der Waals surface area contributed by atoms with Gasteiger partial charge < -0.3 is 4.90 Å². The number of hydrogen-bond donors (Lipinski definition) is 0. The van der Waals surface area contributed by atoms with Gasteiger partial charge in [-0.1, -0.05) is 0 Å². The van der Waals surface area contributed by atoms with Crippen LogP contribution in [-0.2, 0) is 6.18 Å². The Balaban J connectivity index is 1.64. The maximum atomic E-state index is 13.2. The number of fused-ring (bicyclic) bond motifs is 1. The summed E-state index contributed by atoms with van der Waals surface area (Å²) in [5, 5.41) is 11.3. The van der Waals surface area contributed by atoms with Gasteiger partial charge in [-0.3, -0.25) is 4.90 Å². The average Bonchev–Trinajstić information content (AvgIpc) is 3.26. The smallest absolute Gasteiger partial charge is 0.352 e. The number of anilines is 1. The number of nitrogens with zero attached hydrogens (tertiary/aromatic N) is 6. The molecule has 3 heterocycles. The number of rotatable bonds is 3. The summed E-state index contributed by atoms with van der Waals surface area (Å²) >= 11 is 0. The van der Waals surface area contributed by atoms with Crippen molar-refractivity contribution in [3.63, 3.8) is 0 Å². The van der Waals surface area contributed by atoms with Gasteiger partial charge in [-0.25, -0.2) is 0 Å². The third-order valence-electron chi connectivity index (χ3n) is 5.21. The number of aromatic nitrogens is 4. The Morgan fingerprint density at radius 3 is 2.28 bits per heavy atom. The topological polar surface area (TPSA) is 49.6 Å². The molecule has 25 heavy (non-hydrogen) atoms. The first-order valence-corrected chi connectivity index (χ1v) is 8.61. The van der Waals surface area contributed by atoms with E-state index in [0.717, 1.165) is 48.7 Å². The van der Waals surface area contributed by atoms with E-state index in [4.69, 9.17) is 0 Å². The van der Waals surface area contributed by atoms with Crippen LogP contribution in [0.2, 0.25) is 0 Å². The SMILES string of the molecule is Cc1c(N2CCN(CC3CC3)CC2)nn2c(C(F)(F)F)nnc2c1C. The van der Waals surface area contributed by atoms with Crippen molar-refractivity contribution in [3.8, 4) is 0 Å². The molecular weight excluding hydrogens is 333 g/mol. The summed E-state index contributed by atoms with van der Waals surface area (Å²) < 4.78 is 40.3. The molecule has 1 aliphatic heterocycles. The fourth-order valence-corrected chi connectivity index (χ4v) is 3.40. The summed E-state index contributed by atoms with van der Waals surface area (Å²) in [7, 11) is 0. The fourth-order valence-electron chi connectivity index (χ4n) is 3.40. The zero-order valence-electron chi connectivity index (χ0n) is 14.3. The summed E-state index contributed by atoms with van der Waals surface area (Å²) in [6.07, 6.45) is -1.93. The molecule has 0 N–H and O–H groups in total. The number of alkyl halides is 3. The van der Waals surface area contributed by atoms with Crippen LogP contribution in [0.1, 0.15) is 29.8 Å². The van der Waals surface area contributed by atoms with Crippen molar-refractivity contribution in [2.24, 2.45) is 5.92 Å². The van der Waals surface area contributed by atoms with Crippen LogP contribution in [-0.4, -0.2) is 57.4 Å². The van der Waals surface area contributed by atoms with Crippen LogP contribution >= 0.6 is 0 Å². The van der Waals surface area contributed by atoms with Gasteiger partial charge in [0.25, 0.3) is 5.82 Å². The van der Waals surface area contributed by atoms with E-state index in [1.165, 1.54) is 12.8 Å². The lowest BCUT2D eigenvalue weighted by Crippen LogP contribution is -2.47. The highest BCUT2D eigenvalue weighted by Gasteiger charge is 2.38. The second-order valence-corrected chi connectivity index (χ2v) is 7.06. The van der Waals surface area contributed by atoms with E-state index < -0.39 is 12.0 Å². The second-order valence-electron chi connectivity index (χ2n) is 7.06.